The molecule has 7 heteroatoms. The number of hydrogen-bond acceptors (Lipinski definition) is 5. The summed E-state index contributed by atoms with van der Waals surface area (Å²) in [4.78, 5) is 25.7. The number of anilines is 2. The Morgan fingerprint density at radius 2 is 1.71 bits per heavy atom. The molecule has 0 bridgehead atoms. The molecule has 2 amide bonds. The van der Waals surface area contributed by atoms with E-state index in [2.05, 4.69) is 10.6 Å². The first-order valence-electron chi connectivity index (χ1n) is 9.37. The van der Waals surface area contributed by atoms with Crippen molar-refractivity contribution in [2.75, 3.05) is 30.5 Å². The lowest BCUT2D eigenvalue weighted by Gasteiger charge is -2.20. The third-order valence-electron chi connectivity index (χ3n) is 4.85. The first kappa shape index (κ1) is 18.2. The van der Waals surface area contributed by atoms with Gasteiger partial charge in [-0.15, -0.1) is 0 Å². The largest absolute Gasteiger partial charge is 0.492 e. The molecular formula is C21H22N2O5. The third kappa shape index (κ3) is 3.47. The molecule has 1 aliphatic heterocycles. The summed E-state index contributed by atoms with van der Waals surface area (Å²) in [6, 6.07) is 12.4. The second kappa shape index (κ2) is 7.42. The van der Waals surface area contributed by atoms with Crippen LogP contribution in [0.1, 0.15) is 19.8 Å². The van der Waals surface area contributed by atoms with Crippen LogP contribution in [0, 0.1) is 5.41 Å². The van der Waals surface area contributed by atoms with Crippen LogP contribution in [-0.4, -0.2) is 31.6 Å². The predicted molar refractivity (Wildman–Crippen MR) is 104 cm³/mol. The van der Waals surface area contributed by atoms with Crippen LogP contribution in [0.5, 0.6) is 17.2 Å². The molecule has 1 heterocycles. The number of benzene rings is 2. The molecule has 0 saturated heterocycles. The second-order valence-corrected chi connectivity index (χ2v) is 6.78. The molecule has 1 saturated carbocycles. The molecule has 2 aliphatic rings. The number of carbonyl (C=O) groups is 2. The van der Waals surface area contributed by atoms with Crippen LogP contribution in [0.2, 0.25) is 0 Å². The molecular weight excluding hydrogens is 360 g/mol. The fraction of sp³-hybridized carbons (Fsp3) is 0.333. The zero-order valence-corrected chi connectivity index (χ0v) is 15.6. The van der Waals surface area contributed by atoms with E-state index < -0.39 is 5.41 Å². The number of fused-ring (bicyclic) bond motifs is 1. The molecule has 1 fully saturated rings. The molecule has 7 nitrogen and oxygen atoms in total. The van der Waals surface area contributed by atoms with Crippen LogP contribution in [0.25, 0.3) is 0 Å². The van der Waals surface area contributed by atoms with Gasteiger partial charge in [0.1, 0.15) is 24.4 Å². The summed E-state index contributed by atoms with van der Waals surface area (Å²) >= 11 is 0. The molecule has 0 atom stereocenters. The smallest absolute Gasteiger partial charge is 0.240 e. The summed E-state index contributed by atoms with van der Waals surface area (Å²) in [5.41, 5.74) is 0.0721. The van der Waals surface area contributed by atoms with Gasteiger partial charge in [-0.1, -0.05) is 12.1 Å². The zero-order chi connectivity index (χ0) is 19.6. The Morgan fingerprint density at radius 3 is 2.46 bits per heavy atom. The van der Waals surface area contributed by atoms with Crippen LogP contribution in [0.15, 0.2) is 42.5 Å². The van der Waals surface area contributed by atoms with Crippen molar-refractivity contribution in [3.63, 3.8) is 0 Å². The molecule has 0 radical (unpaired) electrons. The minimum Gasteiger partial charge on any atom is -0.492 e. The van der Waals surface area contributed by atoms with Gasteiger partial charge in [-0.3, -0.25) is 9.59 Å². The monoisotopic (exact) mass is 382 g/mol. The van der Waals surface area contributed by atoms with Gasteiger partial charge in [0.15, 0.2) is 11.5 Å². The Labute approximate surface area is 163 Å². The highest BCUT2D eigenvalue weighted by atomic mass is 16.6. The quantitative estimate of drug-likeness (QED) is 0.750. The van der Waals surface area contributed by atoms with Gasteiger partial charge in [-0.25, -0.2) is 0 Å². The number of nitrogens with one attached hydrogen (secondary N) is 2. The Bertz CT molecular complexity index is 907. The second-order valence-electron chi connectivity index (χ2n) is 6.78. The van der Waals surface area contributed by atoms with Gasteiger partial charge in [-0.05, 0) is 44.0 Å². The van der Waals surface area contributed by atoms with E-state index in [1.165, 1.54) is 0 Å². The van der Waals surface area contributed by atoms with Crippen molar-refractivity contribution in [3.8, 4) is 17.2 Å². The number of amides is 2. The van der Waals surface area contributed by atoms with Gasteiger partial charge in [0.2, 0.25) is 11.8 Å². The maximum absolute atomic E-state index is 12.8. The van der Waals surface area contributed by atoms with Gasteiger partial charge in [0.25, 0.3) is 0 Å². The minimum absolute atomic E-state index is 0.324. The third-order valence-corrected chi connectivity index (χ3v) is 4.85. The number of ether oxygens (including phenoxy) is 3. The maximum atomic E-state index is 12.8. The number of para-hydroxylation sites is 2. The fourth-order valence-electron chi connectivity index (χ4n) is 3.15. The average Bonchev–Trinajstić information content (AvgIpc) is 3.52. The van der Waals surface area contributed by atoms with Crippen molar-refractivity contribution in [1.29, 1.82) is 0 Å². The van der Waals surface area contributed by atoms with Gasteiger partial charge in [0, 0.05) is 11.8 Å². The fourth-order valence-corrected chi connectivity index (χ4v) is 3.15. The molecule has 0 unspecified atom stereocenters. The van der Waals surface area contributed by atoms with Crippen molar-refractivity contribution >= 4 is 23.2 Å². The van der Waals surface area contributed by atoms with E-state index in [4.69, 9.17) is 14.2 Å². The Kier molecular flexibility index (Phi) is 4.81. The van der Waals surface area contributed by atoms with Crippen LogP contribution in [0.4, 0.5) is 11.4 Å². The van der Waals surface area contributed by atoms with Crippen molar-refractivity contribution in [2.24, 2.45) is 5.41 Å². The Balaban J connectivity index is 1.46. The lowest BCUT2D eigenvalue weighted by molar-refractivity contribution is -0.131. The minimum atomic E-state index is -1.06. The van der Waals surface area contributed by atoms with E-state index in [0.717, 1.165) is 0 Å². The molecule has 4 rings (SSSR count). The lowest BCUT2D eigenvalue weighted by Crippen LogP contribution is -2.35. The van der Waals surface area contributed by atoms with E-state index in [9.17, 15) is 9.59 Å². The van der Waals surface area contributed by atoms with Crippen LogP contribution >= 0.6 is 0 Å². The highest BCUT2D eigenvalue weighted by Crippen LogP contribution is 2.48. The summed E-state index contributed by atoms with van der Waals surface area (Å²) < 4.78 is 16.6. The number of carbonyl (C=O) groups excluding carboxylic acids is 2. The Morgan fingerprint density at radius 1 is 1.00 bits per heavy atom. The predicted octanol–water partition coefficient (Wildman–Crippen LogP) is 3.21. The van der Waals surface area contributed by atoms with E-state index >= 15 is 0 Å². The molecule has 0 spiro atoms. The highest BCUT2D eigenvalue weighted by Gasteiger charge is 2.56. The average molecular weight is 382 g/mol. The highest BCUT2D eigenvalue weighted by molar-refractivity contribution is 6.17. The van der Waals surface area contributed by atoms with Gasteiger partial charge in [0.05, 0.1) is 12.3 Å². The van der Waals surface area contributed by atoms with E-state index in [0.29, 0.717) is 61.3 Å². The zero-order valence-electron chi connectivity index (χ0n) is 15.6. The molecule has 2 aromatic carbocycles. The molecule has 0 aromatic heterocycles. The summed E-state index contributed by atoms with van der Waals surface area (Å²) in [5, 5.41) is 5.68. The van der Waals surface area contributed by atoms with E-state index in [1.54, 1.807) is 30.3 Å². The van der Waals surface area contributed by atoms with Gasteiger partial charge < -0.3 is 24.8 Å². The Hall–Kier alpha value is -3.22. The first-order valence-corrected chi connectivity index (χ1v) is 9.37. The lowest BCUT2D eigenvalue weighted by atomic mass is 10.0. The molecule has 1 aliphatic carbocycles. The molecule has 2 aromatic rings. The summed E-state index contributed by atoms with van der Waals surface area (Å²) in [6.45, 7) is 3.34. The van der Waals surface area contributed by atoms with Crippen molar-refractivity contribution in [2.45, 2.75) is 19.8 Å². The molecule has 146 valence electrons. The van der Waals surface area contributed by atoms with Crippen LogP contribution in [-0.2, 0) is 9.59 Å². The standard InChI is InChI=1S/C21H22N2O5/c1-2-26-16-6-4-3-5-15(16)23-20(25)21(9-10-21)19(24)22-14-7-8-17-18(13-14)28-12-11-27-17/h3-8,13H,2,9-12H2,1H3,(H,22,24)(H,23,25). The van der Waals surface area contributed by atoms with Crippen LogP contribution in [0.3, 0.4) is 0 Å². The first-order chi connectivity index (χ1) is 13.6. The maximum Gasteiger partial charge on any atom is 0.240 e. The van der Waals surface area contributed by atoms with Crippen LogP contribution < -0.4 is 24.8 Å². The van der Waals surface area contributed by atoms with E-state index in [1.807, 2.05) is 19.1 Å². The van der Waals surface area contributed by atoms with Crippen molar-refractivity contribution in [1.82, 2.24) is 0 Å². The summed E-state index contributed by atoms with van der Waals surface area (Å²) in [7, 11) is 0. The number of rotatable bonds is 6. The summed E-state index contributed by atoms with van der Waals surface area (Å²) in [6.07, 6.45) is 1.01. The van der Waals surface area contributed by atoms with Crippen molar-refractivity contribution in [3.05, 3.63) is 42.5 Å². The molecule has 2 N–H and O–H groups in total. The van der Waals surface area contributed by atoms with Gasteiger partial charge >= 0.3 is 0 Å². The number of hydrogen-bond donors (Lipinski definition) is 2. The molecule has 28 heavy (non-hydrogen) atoms. The van der Waals surface area contributed by atoms with Crippen molar-refractivity contribution < 1.29 is 23.8 Å². The van der Waals surface area contributed by atoms with E-state index in [-0.39, 0.29) is 11.8 Å². The SMILES string of the molecule is CCOc1ccccc1NC(=O)C1(C(=O)Nc2ccc3c(c2)OCCO3)CC1. The topological polar surface area (TPSA) is 85.9 Å². The van der Waals surface area contributed by atoms with Gasteiger partial charge in [-0.2, -0.15) is 0 Å². The normalized spacial score (nSPS) is 16.0. The summed E-state index contributed by atoms with van der Waals surface area (Å²) in [5.74, 6) is 1.17.